The van der Waals surface area contributed by atoms with E-state index in [1.54, 1.807) is 0 Å². The molecule has 0 fully saturated rings. The smallest absolute Gasteiger partial charge is 0.0462 e. The number of fused-ring (bicyclic) bond motifs is 6. The summed E-state index contributed by atoms with van der Waals surface area (Å²) >= 11 is 0. The molecule has 0 unspecified atom stereocenters. The molecule has 0 aliphatic carbocycles. The average Bonchev–Trinajstić information content (AvgIpc) is 3.46. The monoisotopic (exact) mass is 901 g/mol. The lowest BCUT2D eigenvalue weighted by molar-refractivity contribution is 1.28. The molecule has 1 heteroatoms. The largest absolute Gasteiger partial charge is 0.311 e. The van der Waals surface area contributed by atoms with Gasteiger partial charge in [-0.2, -0.15) is 0 Å². The van der Waals surface area contributed by atoms with Crippen LogP contribution >= 0.6 is 0 Å². The molecule has 0 heterocycles. The summed E-state index contributed by atoms with van der Waals surface area (Å²) in [7, 11) is 0. The van der Waals surface area contributed by atoms with E-state index in [4.69, 9.17) is 0 Å². The van der Waals surface area contributed by atoms with Crippen LogP contribution in [0.4, 0.5) is 17.1 Å². The predicted octanol–water partition coefficient (Wildman–Crippen LogP) is 19.8. The Kier molecular flexibility index (Phi) is 10.6. The fourth-order valence-corrected chi connectivity index (χ4v) is 11.1. The molecule has 0 saturated carbocycles. The van der Waals surface area contributed by atoms with Gasteiger partial charge in [-0.1, -0.05) is 249 Å². The maximum Gasteiger partial charge on any atom is 0.0462 e. The molecule has 0 aliphatic heterocycles. The first-order valence-electron chi connectivity index (χ1n) is 24.5. The molecule has 0 aromatic heterocycles. The zero-order valence-electron chi connectivity index (χ0n) is 39.1. The SMILES string of the molecule is c1ccc(-c2ccccc2-c2ccc(N(c3ccc(-c4c(-c5ccccc5)c5ccccc5c5ccccc45)cc3)c3ccc(-c4c(-c5ccccc5)c5ccccc5c5ccccc45)cc3)cc2)cc1. The first-order valence-corrected chi connectivity index (χ1v) is 24.5. The molecule has 13 aromatic carbocycles. The second kappa shape index (κ2) is 18.0. The van der Waals surface area contributed by atoms with Crippen molar-refractivity contribution in [1.29, 1.82) is 0 Å². The van der Waals surface area contributed by atoms with Crippen LogP contribution in [0.25, 0.3) is 110 Å². The Morgan fingerprint density at radius 2 is 0.366 bits per heavy atom. The topological polar surface area (TPSA) is 3.24 Å². The summed E-state index contributed by atoms with van der Waals surface area (Å²) in [6, 6.07) is 104. The number of hydrogen-bond donors (Lipinski definition) is 0. The lowest BCUT2D eigenvalue weighted by Crippen LogP contribution is -2.10. The highest BCUT2D eigenvalue weighted by atomic mass is 15.1. The summed E-state index contributed by atoms with van der Waals surface area (Å²) in [6.45, 7) is 0. The fraction of sp³-hybridized carbons (Fsp3) is 0. The molecule has 0 saturated heterocycles. The molecule has 13 aromatic rings. The van der Waals surface area contributed by atoms with Crippen LogP contribution < -0.4 is 4.90 Å². The minimum absolute atomic E-state index is 1.08. The standard InChI is InChI=1S/C70H47N/c1-4-20-48(21-5-1)57-26-10-11-27-58(57)49-36-42-54(43-37-49)71(55-44-38-52(39-45-55)69-65-34-18-14-30-61(65)59-28-12-16-32-63(59)67(69)50-22-6-2-7-23-50)56-46-40-53(41-47-56)70-66-35-19-15-31-62(66)60-29-13-17-33-64(60)68(70)51-24-8-3-9-25-51/h1-47H. The van der Waals surface area contributed by atoms with E-state index < -0.39 is 0 Å². The van der Waals surface area contributed by atoms with Gasteiger partial charge < -0.3 is 4.90 Å². The molecule has 0 N–H and O–H groups in total. The predicted molar refractivity (Wildman–Crippen MR) is 304 cm³/mol. The van der Waals surface area contributed by atoms with Crippen molar-refractivity contribution in [2.75, 3.05) is 4.90 Å². The number of nitrogens with zero attached hydrogens (tertiary/aromatic N) is 1. The third kappa shape index (κ3) is 7.44. The summed E-state index contributed by atoms with van der Waals surface area (Å²) < 4.78 is 0. The maximum atomic E-state index is 2.40. The van der Waals surface area contributed by atoms with Crippen LogP contribution in [0.1, 0.15) is 0 Å². The second-order valence-electron chi connectivity index (χ2n) is 18.3. The Balaban J connectivity index is 0.977. The molecule has 0 aliphatic rings. The van der Waals surface area contributed by atoms with Gasteiger partial charge in [0.1, 0.15) is 0 Å². The van der Waals surface area contributed by atoms with Gasteiger partial charge in [-0.3, -0.25) is 0 Å². The van der Waals surface area contributed by atoms with Gasteiger partial charge in [0.2, 0.25) is 0 Å². The lowest BCUT2D eigenvalue weighted by Gasteiger charge is -2.27. The van der Waals surface area contributed by atoms with Gasteiger partial charge >= 0.3 is 0 Å². The van der Waals surface area contributed by atoms with Crippen LogP contribution in [0.5, 0.6) is 0 Å². The van der Waals surface area contributed by atoms with E-state index in [2.05, 4.69) is 290 Å². The van der Waals surface area contributed by atoms with E-state index in [1.165, 1.54) is 110 Å². The Bertz CT molecular complexity index is 3840. The van der Waals surface area contributed by atoms with Crippen LogP contribution in [-0.2, 0) is 0 Å². The highest BCUT2D eigenvalue weighted by Crippen LogP contribution is 2.48. The molecular formula is C70H47N. The zero-order valence-corrected chi connectivity index (χ0v) is 39.1. The highest BCUT2D eigenvalue weighted by molar-refractivity contribution is 6.23. The Morgan fingerprint density at radius 1 is 0.155 bits per heavy atom. The summed E-state index contributed by atoms with van der Waals surface area (Å²) in [5, 5.41) is 10.0. The molecule has 332 valence electrons. The van der Waals surface area contributed by atoms with E-state index in [9.17, 15) is 0 Å². The molecular weight excluding hydrogens is 855 g/mol. The van der Waals surface area contributed by atoms with Gasteiger partial charge in [-0.25, -0.2) is 0 Å². The summed E-state index contributed by atoms with van der Waals surface area (Å²) in [6.07, 6.45) is 0. The number of anilines is 3. The summed E-state index contributed by atoms with van der Waals surface area (Å²) in [5.41, 5.74) is 17.8. The average molecular weight is 902 g/mol. The van der Waals surface area contributed by atoms with Crippen LogP contribution in [0.15, 0.2) is 285 Å². The van der Waals surface area contributed by atoms with Crippen molar-refractivity contribution in [3.05, 3.63) is 285 Å². The molecule has 0 amide bonds. The fourth-order valence-electron chi connectivity index (χ4n) is 11.1. The first-order chi connectivity index (χ1) is 35.3. The summed E-state index contributed by atoms with van der Waals surface area (Å²) in [4.78, 5) is 2.40. The van der Waals surface area contributed by atoms with Crippen molar-refractivity contribution in [1.82, 2.24) is 0 Å². The van der Waals surface area contributed by atoms with Crippen molar-refractivity contribution >= 4 is 60.2 Å². The molecule has 0 atom stereocenters. The van der Waals surface area contributed by atoms with E-state index >= 15 is 0 Å². The third-order valence-corrected chi connectivity index (χ3v) is 14.3. The number of benzene rings is 13. The first kappa shape index (κ1) is 41.9. The molecule has 1 nitrogen and oxygen atoms in total. The van der Waals surface area contributed by atoms with Gasteiger partial charge in [0, 0.05) is 17.1 Å². The van der Waals surface area contributed by atoms with Gasteiger partial charge in [-0.15, -0.1) is 0 Å². The van der Waals surface area contributed by atoms with Crippen molar-refractivity contribution in [2.45, 2.75) is 0 Å². The minimum atomic E-state index is 1.08. The lowest BCUT2D eigenvalue weighted by atomic mass is 9.85. The van der Waals surface area contributed by atoms with Gasteiger partial charge in [0.25, 0.3) is 0 Å². The Hall–Kier alpha value is -9.30. The molecule has 71 heavy (non-hydrogen) atoms. The van der Waals surface area contributed by atoms with Crippen molar-refractivity contribution in [3.63, 3.8) is 0 Å². The van der Waals surface area contributed by atoms with Crippen LogP contribution in [-0.4, -0.2) is 0 Å². The number of rotatable bonds is 9. The molecule has 0 radical (unpaired) electrons. The molecule has 0 spiro atoms. The quantitative estimate of drug-likeness (QED) is 0.131. The van der Waals surface area contributed by atoms with Crippen LogP contribution in [0, 0.1) is 0 Å². The third-order valence-electron chi connectivity index (χ3n) is 14.3. The Morgan fingerprint density at radius 3 is 0.676 bits per heavy atom. The normalized spacial score (nSPS) is 11.4. The minimum Gasteiger partial charge on any atom is -0.311 e. The van der Waals surface area contributed by atoms with Gasteiger partial charge in [-0.05, 0) is 146 Å². The molecule has 0 bridgehead atoms. The second-order valence-corrected chi connectivity index (χ2v) is 18.3. The highest BCUT2D eigenvalue weighted by Gasteiger charge is 2.21. The van der Waals surface area contributed by atoms with Crippen LogP contribution in [0.2, 0.25) is 0 Å². The van der Waals surface area contributed by atoms with E-state index in [0.717, 1.165) is 17.1 Å². The molecule has 13 rings (SSSR count). The van der Waals surface area contributed by atoms with E-state index in [0.29, 0.717) is 0 Å². The summed E-state index contributed by atoms with van der Waals surface area (Å²) in [5.74, 6) is 0. The van der Waals surface area contributed by atoms with E-state index in [1.807, 2.05) is 0 Å². The Labute approximate surface area is 414 Å². The van der Waals surface area contributed by atoms with Crippen LogP contribution in [0.3, 0.4) is 0 Å². The van der Waals surface area contributed by atoms with E-state index in [-0.39, 0.29) is 0 Å². The number of hydrogen-bond acceptors (Lipinski definition) is 1. The maximum absolute atomic E-state index is 2.40. The van der Waals surface area contributed by atoms with Gasteiger partial charge in [0.15, 0.2) is 0 Å². The zero-order chi connectivity index (χ0) is 47.1. The van der Waals surface area contributed by atoms with Gasteiger partial charge in [0.05, 0.1) is 0 Å². The van der Waals surface area contributed by atoms with Crippen molar-refractivity contribution < 1.29 is 0 Å². The van der Waals surface area contributed by atoms with Crippen molar-refractivity contribution in [2.24, 2.45) is 0 Å². The van der Waals surface area contributed by atoms with Crippen molar-refractivity contribution in [3.8, 4) is 66.8 Å².